The monoisotopic (exact) mass is 262 g/mol. The van der Waals surface area contributed by atoms with Crippen LogP contribution >= 0.6 is 11.3 Å². The van der Waals surface area contributed by atoms with E-state index < -0.39 is 10.0 Å². The first-order valence-electron chi connectivity index (χ1n) is 4.61. The van der Waals surface area contributed by atoms with E-state index in [1.165, 1.54) is 6.92 Å². The third-order valence-electron chi connectivity index (χ3n) is 1.82. The van der Waals surface area contributed by atoms with Gasteiger partial charge in [-0.1, -0.05) is 11.3 Å². The molecule has 0 unspecified atom stereocenters. The van der Waals surface area contributed by atoms with Gasteiger partial charge >= 0.3 is 0 Å². The molecule has 1 aromatic rings. The van der Waals surface area contributed by atoms with Crippen LogP contribution in [0.15, 0.2) is 4.34 Å². The van der Waals surface area contributed by atoms with Gasteiger partial charge in [-0.2, -0.15) is 0 Å². The van der Waals surface area contributed by atoms with Crippen LogP contribution in [0, 0.1) is 0 Å². The van der Waals surface area contributed by atoms with Crippen LogP contribution in [0.3, 0.4) is 0 Å². The summed E-state index contributed by atoms with van der Waals surface area (Å²) in [6.07, 6.45) is 1.72. The molecular weight excluding hydrogens is 252 g/mol. The van der Waals surface area contributed by atoms with E-state index in [1.54, 1.807) is 0 Å². The first-order chi connectivity index (χ1) is 7.47. The van der Waals surface area contributed by atoms with Gasteiger partial charge in [0.05, 0.1) is 0 Å². The maximum absolute atomic E-state index is 11.7. The summed E-state index contributed by atoms with van der Waals surface area (Å²) >= 11 is 0.833. The summed E-state index contributed by atoms with van der Waals surface area (Å²) in [5.74, 6) is -0.310. The number of carbonyl (C=O) groups is 1. The molecule has 1 heterocycles. The first kappa shape index (κ1) is 11.4. The average molecular weight is 262 g/mol. The van der Waals surface area contributed by atoms with Crippen molar-refractivity contribution in [3.05, 3.63) is 0 Å². The molecule has 2 rings (SSSR count). The molecule has 0 aromatic carbocycles. The fourth-order valence-corrected chi connectivity index (χ4v) is 3.26. The Bertz CT molecular complexity index is 505. The summed E-state index contributed by atoms with van der Waals surface area (Å²) in [4.78, 5) is 10.7. The van der Waals surface area contributed by atoms with Crippen LogP contribution in [0.2, 0.25) is 0 Å². The molecule has 7 nitrogen and oxygen atoms in total. The number of nitrogens with zero attached hydrogens (tertiary/aromatic N) is 2. The number of anilines is 1. The highest BCUT2D eigenvalue weighted by Crippen LogP contribution is 2.24. The smallest absolute Gasteiger partial charge is 0.270 e. The van der Waals surface area contributed by atoms with Crippen LogP contribution < -0.4 is 10.0 Å². The molecule has 0 bridgehead atoms. The van der Waals surface area contributed by atoms with E-state index in [9.17, 15) is 13.2 Å². The minimum Gasteiger partial charge on any atom is -0.301 e. The third-order valence-corrected chi connectivity index (χ3v) is 4.55. The molecule has 1 aliphatic carbocycles. The van der Waals surface area contributed by atoms with Gasteiger partial charge in [0, 0.05) is 13.0 Å². The second-order valence-corrected chi connectivity index (χ2v) is 6.32. The number of nitrogens with one attached hydrogen (secondary N) is 2. The maximum atomic E-state index is 11.7. The highest BCUT2D eigenvalue weighted by atomic mass is 32.2. The Labute approximate surface area is 96.3 Å². The van der Waals surface area contributed by atoms with Crippen LogP contribution in [0.4, 0.5) is 5.13 Å². The molecule has 1 aromatic heterocycles. The van der Waals surface area contributed by atoms with Gasteiger partial charge in [-0.25, -0.2) is 13.1 Å². The van der Waals surface area contributed by atoms with Crippen LogP contribution in [0.25, 0.3) is 0 Å². The number of amides is 1. The van der Waals surface area contributed by atoms with E-state index in [-0.39, 0.29) is 21.4 Å². The lowest BCUT2D eigenvalue weighted by molar-refractivity contribution is -0.114. The number of sulfonamides is 1. The Kier molecular flexibility index (Phi) is 2.91. The standard InChI is InChI=1S/C7H10N4O3S2/c1-4(12)8-6-9-10-7(15-6)16(13,14)11-5-2-3-5/h5,11H,2-3H2,1H3,(H,8,9,12). The second-order valence-electron chi connectivity index (χ2n) is 3.45. The first-order valence-corrected chi connectivity index (χ1v) is 6.91. The van der Waals surface area contributed by atoms with E-state index in [1.807, 2.05) is 0 Å². The van der Waals surface area contributed by atoms with Gasteiger partial charge < -0.3 is 5.32 Å². The molecule has 0 saturated heterocycles. The molecule has 0 aliphatic heterocycles. The van der Waals surface area contributed by atoms with Crippen molar-refractivity contribution in [3.8, 4) is 0 Å². The minimum absolute atomic E-state index is 0.0260. The van der Waals surface area contributed by atoms with Gasteiger partial charge in [0.1, 0.15) is 0 Å². The topological polar surface area (TPSA) is 101 Å². The van der Waals surface area contributed by atoms with Crippen molar-refractivity contribution in [3.63, 3.8) is 0 Å². The summed E-state index contributed by atoms with van der Waals surface area (Å²) < 4.78 is 25.7. The van der Waals surface area contributed by atoms with Crippen LogP contribution in [-0.2, 0) is 14.8 Å². The number of rotatable bonds is 4. The molecule has 16 heavy (non-hydrogen) atoms. The number of aromatic nitrogens is 2. The molecule has 9 heteroatoms. The Morgan fingerprint density at radius 2 is 2.12 bits per heavy atom. The Hall–Kier alpha value is -1.06. The van der Waals surface area contributed by atoms with E-state index in [0.717, 1.165) is 24.2 Å². The fraction of sp³-hybridized carbons (Fsp3) is 0.571. The predicted octanol–water partition coefficient (Wildman–Crippen LogP) is -0.0628. The van der Waals surface area contributed by atoms with E-state index in [4.69, 9.17) is 0 Å². The highest BCUT2D eigenvalue weighted by molar-refractivity contribution is 7.91. The molecule has 1 fully saturated rings. The molecular formula is C7H10N4O3S2. The lowest BCUT2D eigenvalue weighted by Gasteiger charge is -1.98. The van der Waals surface area contributed by atoms with Crippen molar-refractivity contribution in [2.24, 2.45) is 0 Å². The van der Waals surface area contributed by atoms with Crippen molar-refractivity contribution < 1.29 is 13.2 Å². The zero-order valence-corrected chi connectivity index (χ0v) is 10.1. The quantitative estimate of drug-likeness (QED) is 0.740. The molecule has 0 radical (unpaired) electrons. The van der Waals surface area contributed by atoms with Crippen molar-refractivity contribution in [2.75, 3.05) is 5.32 Å². The van der Waals surface area contributed by atoms with Crippen LogP contribution in [0.5, 0.6) is 0 Å². The maximum Gasteiger partial charge on any atom is 0.270 e. The SMILES string of the molecule is CC(=O)Nc1nnc(S(=O)(=O)NC2CC2)s1. The Balaban J connectivity index is 2.13. The summed E-state index contributed by atoms with van der Waals surface area (Å²) in [7, 11) is -3.57. The van der Waals surface area contributed by atoms with Gasteiger partial charge in [0.2, 0.25) is 15.4 Å². The minimum atomic E-state index is -3.57. The number of hydrogen-bond acceptors (Lipinski definition) is 6. The second kappa shape index (κ2) is 4.07. The van der Waals surface area contributed by atoms with Gasteiger partial charge in [-0.05, 0) is 12.8 Å². The van der Waals surface area contributed by atoms with Crippen molar-refractivity contribution in [1.82, 2.24) is 14.9 Å². The van der Waals surface area contributed by atoms with Gasteiger partial charge in [0.25, 0.3) is 10.0 Å². The van der Waals surface area contributed by atoms with E-state index in [0.29, 0.717) is 0 Å². The molecule has 1 saturated carbocycles. The van der Waals surface area contributed by atoms with Crippen molar-refractivity contribution >= 4 is 32.4 Å². The summed E-state index contributed by atoms with van der Waals surface area (Å²) in [6, 6.07) is 0.0260. The van der Waals surface area contributed by atoms with Crippen LogP contribution in [-0.4, -0.2) is 30.6 Å². The van der Waals surface area contributed by atoms with Gasteiger partial charge in [-0.15, -0.1) is 10.2 Å². The molecule has 2 N–H and O–H groups in total. The third kappa shape index (κ3) is 2.74. The molecule has 0 spiro atoms. The zero-order valence-electron chi connectivity index (χ0n) is 8.43. The number of hydrogen-bond donors (Lipinski definition) is 2. The fourth-order valence-electron chi connectivity index (χ4n) is 0.990. The van der Waals surface area contributed by atoms with Crippen LogP contribution in [0.1, 0.15) is 19.8 Å². The summed E-state index contributed by atoms with van der Waals surface area (Å²) in [6.45, 7) is 1.32. The molecule has 1 aliphatic rings. The predicted molar refractivity (Wildman–Crippen MR) is 57.6 cm³/mol. The molecule has 88 valence electrons. The highest BCUT2D eigenvalue weighted by Gasteiger charge is 2.30. The van der Waals surface area contributed by atoms with Crippen molar-refractivity contribution in [2.45, 2.75) is 30.1 Å². The average Bonchev–Trinajstić information content (AvgIpc) is 2.80. The van der Waals surface area contributed by atoms with E-state index >= 15 is 0 Å². The largest absolute Gasteiger partial charge is 0.301 e. The normalized spacial score (nSPS) is 16.1. The zero-order chi connectivity index (χ0) is 11.8. The summed E-state index contributed by atoms with van der Waals surface area (Å²) in [5, 5.41) is 9.66. The Morgan fingerprint density at radius 1 is 1.44 bits per heavy atom. The van der Waals surface area contributed by atoms with Gasteiger partial charge in [0.15, 0.2) is 0 Å². The Morgan fingerprint density at radius 3 is 2.69 bits per heavy atom. The van der Waals surface area contributed by atoms with Crippen molar-refractivity contribution in [1.29, 1.82) is 0 Å². The summed E-state index contributed by atoms with van der Waals surface area (Å²) in [5.41, 5.74) is 0. The van der Waals surface area contributed by atoms with E-state index in [2.05, 4.69) is 20.2 Å². The lowest BCUT2D eigenvalue weighted by atomic mass is 10.7. The van der Waals surface area contributed by atoms with Gasteiger partial charge in [-0.3, -0.25) is 4.79 Å². The molecule has 1 amide bonds. The lowest BCUT2D eigenvalue weighted by Crippen LogP contribution is -2.25. The number of carbonyl (C=O) groups excluding carboxylic acids is 1. The molecule has 0 atom stereocenters.